The number of aromatic nitrogens is 4. The first-order valence-electron chi connectivity index (χ1n) is 11.2. The van der Waals surface area contributed by atoms with Crippen molar-refractivity contribution >= 4 is 22.7 Å². The molecule has 1 aliphatic heterocycles. The zero-order chi connectivity index (χ0) is 21.9. The lowest BCUT2D eigenvalue weighted by atomic mass is 10.1. The van der Waals surface area contributed by atoms with Gasteiger partial charge in [0.15, 0.2) is 0 Å². The van der Waals surface area contributed by atoms with Gasteiger partial charge in [-0.3, -0.25) is 4.57 Å². The number of anilines is 2. The van der Waals surface area contributed by atoms with E-state index < -0.39 is 0 Å². The Balaban J connectivity index is 1.36. The van der Waals surface area contributed by atoms with Crippen molar-refractivity contribution in [1.29, 1.82) is 0 Å². The summed E-state index contributed by atoms with van der Waals surface area (Å²) < 4.78 is 2.01. The number of fused-ring (bicyclic) bond motifs is 1. The molecule has 2 aromatic carbocycles. The number of likely N-dealkylation sites (N-methyl/N-ethyl adjacent to an activating group) is 1. The maximum atomic E-state index is 4.74. The molecule has 0 aliphatic carbocycles. The molecule has 2 N–H and O–H groups in total. The van der Waals surface area contributed by atoms with Crippen LogP contribution in [0.3, 0.4) is 0 Å². The smallest absolute Gasteiger partial charge is 0.225 e. The lowest BCUT2D eigenvalue weighted by molar-refractivity contribution is 0.600. The summed E-state index contributed by atoms with van der Waals surface area (Å²) in [5.74, 6) is 1.39. The third-order valence-corrected chi connectivity index (χ3v) is 6.16. The third-order valence-electron chi connectivity index (χ3n) is 6.16. The summed E-state index contributed by atoms with van der Waals surface area (Å²) in [5, 5.41) is 6.97. The fraction of sp³-hybridized carbons (Fsp3) is 0.320. The van der Waals surface area contributed by atoms with Gasteiger partial charge in [-0.05, 0) is 56.1 Å². The van der Waals surface area contributed by atoms with E-state index in [-0.39, 0.29) is 6.04 Å². The SMILES string of the molecule is C[C@H](Nc1nccc(-n2cnc3cc(N(C)CC4CCCN4)ccc32)n1)c1ccccc1. The van der Waals surface area contributed by atoms with Crippen LogP contribution in [0.2, 0.25) is 0 Å². The minimum atomic E-state index is 0.110. The van der Waals surface area contributed by atoms with Crippen molar-refractivity contribution < 1.29 is 0 Å². The molecule has 2 aromatic heterocycles. The van der Waals surface area contributed by atoms with Crippen LogP contribution < -0.4 is 15.5 Å². The van der Waals surface area contributed by atoms with Crippen LogP contribution >= 0.6 is 0 Å². The second-order valence-corrected chi connectivity index (χ2v) is 8.48. The molecule has 0 saturated carbocycles. The number of hydrogen-bond donors (Lipinski definition) is 2. The number of nitrogens with one attached hydrogen (secondary N) is 2. The van der Waals surface area contributed by atoms with Gasteiger partial charge in [-0.25, -0.2) is 9.97 Å². The van der Waals surface area contributed by atoms with Gasteiger partial charge in [0.05, 0.1) is 17.1 Å². The average molecular weight is 428 g/mol. The molecule has 164 valence electrons. The molecule has 1 aliphatic rings. The van der Waals surface area contributed by atoms with E-state index in [4.69, 9.17) is 4.98 Å². The zero-order valence-corrected chi connectivity index (χ0v) is 18.6. The number of hydrogen-bond acceptors (Lipinski definition) is 6. The maximum absolute atomic E-state index is 4.74. The zero-order valence-electron chi connectivity index (χ0n) is 18.6. The molecule has 32 heavy (non-hydrogen) atoms. The molecular formula is C25H29N7. The number of imidazole rings is 1. The van der Waals surface area contributed by atoms with Crippen LogP contribution in [0.25, 0.3) is 16.9 Å². The largest absolute Gasteiger partial charge is 0.373 e. The fourth-order valence-electron chi connectivity index (χ4n) is 4.34. The topological polar surface area (TPSA) is 70.9 Å². The minimum Gasteiger partial charge on any atom is -0.373 e. The Morgan fingerprint density at radius 3 is 2.84 bits per heavy atom. The first-order valence-corrected chi connectivity index (χ1v) is 11.2. The lowest BCUT2D eigenvalue weighted by Crippen LogP contribution is -2.35. The summed E-state index contributed by atoms with van der Waals surface area (Å²) >= 11 is 0. The summed E-state index contributed by atoms with van der Waals surface area (Å²) in [6.45, 7) is 4.24. The molecule has 7 heteroatoms. The van der Waals surface area contributed by atoms with Crippen LogP contribution in [0, 0.1) is 0 Å². The standard InChI is InChI=1S/C25H29N7/c1-18(19-7-4-3-5-8-19)29-25-27-14-12-24(30-25)32-17-28-22-15-21(10-11-23(22)32)31(2)16-20-9-6-13-26-20/h3-5,7-8,10-12,14-15,17-18,20,26H,6,9,13,16H2,1-2H3,(H,27,29,30)/t18-,20?/m0/s1. The van der Waals surface area contributed by atoms with Gasteiger partial charge in [-0.1, -0.05) is 30.3 Å². The molecule has 0 amide bonds. The van der Waals surface area contributed by atoms with Crippen LogP contribution in [0.15, 0.2) is 67.1 Å². The van der Waals surface area contributed by atoms with E-state index in [1.807, 2.05) is 35.2 Å². The second kappa shape index (κ2) is 8.96. The van der Waals surface area contributed by atoms with E-state index in [2.05, 4.69) is 69.8 Å². The Morgan fingerprint density at radius 2 is 2.03 bits per heavy atom. The van der Waals surface area contributed by atoms with E-state index in [0.29, 0.717) is 12.0 Å². The Hall–Kier alpha value is -3.45. The molecule has 0 radical (unpaired) electrons. The van der Waals surface area contributed by atoms with Gasteiger partial charge in [0, 0.05) is 31.5 Å². The molecule has 0 bridgehead atoms. The van der Waals surface area contributed by atoms with Crippen LogP contribution in [0.4, 0.5) is 11.6 Å². The maximum Gasteiger partial charge on any atom is 0.225 e. The molecule has 7 nitrogen and oxygen atoms in total. The summed E-state index contributed by atoms with van der Waals surface area (Å²) in [6.07, 6.45) is 6.13. The van der Waals surface area contributed by atoms with E-state index in [1.54, 1.807) is 6.20 Å². The van der Waals surface area contributed by atoms with Gasteiger partial charge in [0.1, 0.15) is 12.1 Å². The average Bonchev–Trinajstić information content (AvgIpc) is 3.49. The second-order valence-electron chi connectivity index (χ2n) is 8.48. The monoisotopic (exact) mass is 427 g/mol. The van der Waals surface area contributed by atoms with Crippen molar-refractivity contribution in [2.45, 2.75) is 31.8 Å². The van der Waals surface area contributed by atoms with Crippen molar-refractivity contribution in [1.82, 2.24) is 24.8 Å². The van der Waals surface area contributed by atoms with Crippen molar-refractivity contribution in [3.63, 3.8) is 0 Å². The van der Waals surface area contributed by atoms with E-state index in [1.165, 1.54) is 24.1 Å². The Labute approximate surface area is 188 Å². The molecule has 1 unspecified atom stereocenters. The van der Waals surface area contributed by atoms with Crippen molar-refractivity contribution in [2.75, 3.05) is 30.4 Å². The molecule has 2 atom stereocenters. The number of rotatable bonds is 7. The van der Waals surface area contributed by atoms with Gasteiger partial charge >= 0.3 is 0 Å². The minimum absolute atomic E-state index is 0.110. The third kappa shape index (κ3) is 4.29. The quantitative estimate of drug-likeness (QED) is 0.461. The molecule has 1 fully saturated rings. The highest BCUT2D eigenvalue weighted by molar-refractivity contribution is 5.81. The van der Waals surface area contributed by atoms with Crippen molar-refractivity contribution in [2.24, 2.45) is 0 Å². The van der Waals surface area contributed by atoms with E-state index in [9.17, 15) is 0 Å². The normalized spacial score (nSPS) is 16.9. The Bertz CT molecular complexity index is 1180. The van der Waals surface area contributed by atoms with Gasteiger partial charge in [0.2, 0.25) is 5.95 Å². The van der Waals surface area contributed by atoms with Crippen LogP contribution in [-0.2, 0) is 0 Å². The van der Waals surface area contributed by atoms with Gasteiger partial charge < -0.3 is 15.5 Å². The van der Waals surface area contributed by atoms with Gasteiger partial charge in [-0.2, -0.15) is 4.98 Å². The van der Waals surface area contributed by atoms with E-state index >= 15 is 0 Å². The van der Waals surface area contributed by atoms with Crippen LogP contribution in [0.1, 0.15) is 31.4 Å². The highest BCUT2D eigenvalue weighted by atomic mass is 15.2. The molecule has 5 rings (SSSR count). The van der Waals surface area contributed by atoms with Gasteiger partial charge in [0.25, 0.3) is 0 Å². The molecule has 4 aromatic rings. The summed E-state index contributed by atoms with van der Waals surface area (Å²) in [4.78, 5) is 16.1. The first kappa shape index (κ1) is 20.5. The fourth-order valence-corrected chi connectivity index (χ4v) is 4.34. The summed E-state index contributed by atoms with van der Waals surface area (Å²) in [5.41, 5.74) is 4.36. The molecule has 0 spiro atoms. The summed E-state index contributed by atoms with van der Waals surface area (Å²) in [7, 11) is 2.15. The van der Waals surface area contributed by atoms with Crippen molar-refractivity contribution in [3.8, 4) is 5.82 Å². The molecule has 1 saturated heterocycles. The lowest BCUT2D eigenvalue weighted by Gasteiger charge is -2.23. The Kier molecular flexibility index (Phi) is 5.73. The van der Waals surface area contributed by atoms with Gasteiger partial charge in [-0.15, -0.1) is 0 Å². The Morgan fingerprint density at radius 1 is 1.16 bits per heavy atom. The number of nitrogens with zero attached hydrogens (tertiary/aromatic N) is 5. The predicted octanol–water partition coefficient (Wildman–Crippen LogP) is 4.18. The van der Waals surface area contributed by atoms with Crippen LogP contribution in [-0.4, -0.2) is 45.7 Å². The highest BCUT2D eigenvalue weighted by Crippen LogP contribution is 2.24. The molecular weight excluding hydrogens is 398 g/mol. The predicted molar refractivity (Wildman–Crippen MR) is 129 cm³/mol. The van der Waals surface area contributed by atoms with Crippen molar-refractivity contribution in [3.05, 3.63) is 72.7 Å². The summed E-state index contributed by atoms with van der Waals surface area (Å²) in [6, 6.07) is 19.3. The first-order chi connectivity index (χ1) is 15.7. The number of benzene rings is 2. The highest BCUT2D eigenvalue weighted by Gasteiger charge is 2.17. The molecule has 3 heterocycles. The van der Waals surface area contributed by atoms with Crippen LogP contribution in [0.5, 0.6) is 0 Å². The van der Waals surface area contributed by atoms with E-state index in [0.717, 1.165) is 29.9 Å².